The average Bonchev–Trinajstić information content (AvgIpc) is 3.12. The lowest BCUT2D eigenvalue weighted by molar-refractivity contribution is 0.322. The smallest absolute Gasteiger partial charge is 0.0123 e. The number of aryl methyl sites for hydroxylation is 1. The number of fused-ring (bicyclic) bond motifs is 1. The molecule has 34 heavy (non-hydrogen) atoms. The third kappa shape index (κ3) is 4.69. The van der Waals surface area contributed by atoms with Gasteiger partial charge < -0.3 is 0 Å². The summed E-state index contributed by atoms with van der Waals surface area (Å²) in [7, 11) is 0. The quantitative estimate of drug-likeness (QED) is 0.370. The lowest BCUT2D eigenvalue weighted by atomic mass is 9.62. The lowest BCUT2D eigenvalue weighted by Gasteiger charge is -2.41. The molecule has 0 heteroatoms. The summed E-state index contributed by atoms with van der Waals surface area (Å²) < 4.78 is 0. The second-order valence-electron chi connectivity index (χ2n) is 10.4. The number of rotatable bonds is 7. The molecule has 4 unspecified atom stereocenters. The molecule has 1 fully saturated rings. The van der Waals surface area contributed by atoms with Gasteiger partial charge in [0.2, 0.25) is 0 Å². The van der Waals surface area contributed by atoms with Crippen LogP contribution in [0.3, 0.4) is 0 Å². The Morgan fingerprint density at radius 3 is 2.44 bits per heavy atom. The van der Waals surface area contributed by atoms with Crippen molar-refractivity contribution in [1.29, 1.82) is 0 Å². The molecule has 0 aliphatic heterocycles. The van der Waals surface area contributed by atoms with E-state index < -0.39 is 0 Å². The van der Waals surface area contributed by atoms with E-state index in [9.17, 15) is 0 Å². The Morgan fingerprint density at radius 1 is 1.06 bits per heavy atom. The Balaban J connectivity index is 1.76. The molecule has 0 amide bonds. The van der Waals surface area contributed by atoms with Gasteiger partial charge in [0.1, 0.15) is 0 Å². The van der Waals surface area contributed by atoms with Gasteiger partial charge in [0, 0.05) is 11.8 Å². The van der Waals surface area contributed by atoms with Gasteiger partial charge in [-0.25, -0.2) is 0 Å². The first-order chi connectivity index (χ1) is 16.3. The topological polar surface area (TPSA) is 0 Å². The van der Waals surface area contributed by atoms with Gasteiger partial charge in [0.25, 0.3) is 0 Å². The van der Waals surface area contributed by atoms with Crippen LogP contribution in [0.1, 0.15) is 75.1 Å². The second kappa shape index (κ2) is 10.2. The van der Waals surface area contributed by atoms with Crippen molar-refractivity contribution in [2.45, 2.75) is 59.3 Å². The van der Waals surface area contributed by atoms with Crippen molar-refractivity contribution < 1.29 is 0 Å². The molecular formula is C34H40. The predicted molar refractivity (Wildman–Crippen MR) is 150 cm³/mol. The molecule has 0 nitrogen and oxygen atoms in total. The highest BCUT2D eigenvalue weighted by molar-refractivity contribution is 5.69. The normalized spacial score (nSPS) is 25.2. The number of hydrogen-bond acceptors (Lipinski definition) is 0. The van der Waals surface area contributed by atoms with Gasteiger partial charge in [0.15, 0.2) is 0 Å². The molecule has 176 valence electrons. The number of allylic oxidation sites excluding steroid dienone is 6. The van der Waals surface area contributed by atoms with Crippen molar-refractivity contribution in [3.05, 3.63) is 119 Å². The third-order valence-electron chi connectivity index (χ3n) is 7.91. The lowest BCUT2D eigenvalue weighted by Crippen LogP contribution is -2.31. The summed E-state index contributed by atoms with van der Waals surface area (Å²) in [5.41, 5.74) is 12.0. The minimum atomic E-state index is 0.359. The predicted octanol–water partition coefficient (Wildman–Crippen LogP) is 9.57. The van der Waals surface area contributed by atoms with Crippen molar-refractivity contribution >= 4 is 11.6 Å². The van der Waals surface area contributed by atoms with E-state index >= 15 is 0 Å². The van der Waals surface area contributed by atoms with Gasteiger partial charge in [-0.05, 0) is 77.5 Å². The van der Waals surface area contributed by atoms with Crippen LogP contribution in [0.15, 0.2) is 96.6 Å². The molecule has 0 bridgehead atoms. The molecule has 0 N–H and O–H groups in total. The van der Waals surface area contributed by atoms with Crippen LogP contribution in [0, 0.1) is 17.8 Å². The van der Waals surface area contributed by atoms with E-state index in [4.69, 9.17) is 6.58 Å². The zero-order valence-corrected chi connectivity index (χ0v) is 21.5. The fourth-order valence-corrected chi connectivity index (χ4v) is 6.18. The first kappa shape index (κ1) is 24.3. The maximum absolute atomic E-state index is 4.69. The summed E-state index contributed by atoms with van der Waals surface area (Å²) in [5.74, 6) is 1.70. The van der Waals surface area contributed by atoms with E-state index in [0.717, 1.165) is 31.3 Å². The monoisotopic (exact) mass is 448 g/mol. The van der Waals surface area contributed by atoms with E-state index in [2.05, 4.69) is 102 Å². The molecule has 0 aromatic heterocycles. The highest BCUT2D eigenvalue weighted by Gasteiger charge is 2.45. The SMILES string of the molecule is C=C(C)c1cccc(C=C2CC3=CC(C)C(C(=C)CCC)C(c4ccc(CC)cc4)C3C2=C)c1. The Bertz CT molecular complexity index is 1150. The molecule has 1 saturated carbocycles. The minimum absolute atomic E-state index is 0.359. The number of benzene rings is 2. The van der Waals surface area contributed by atoms with Gasteiger partial charge in [-0.2, -0.15) is 0 Å². The zero-order valence-electron chi connectivity index (χ0n) is 21.5. The second-order valence-corrected chi connectivity index (χ2v) is 10.4. The molecule has 2 aliphatic carbocycles. The third-order valence-corrected chi connectivity index (χ3v) is 7.91. The van der Waals surface area contributed by atoms with Crippen LogP contribution in [-0.2, 0) is 6.42 Å². The maximum atomic E-state index is 4.69. The molecule has 4 rings (SSSR count). The van der Waals surface area contributed by atoms with Crippen molar-refractivity contribution in [3.8, 4) is 0 Å². The van der Waals surface area contributed by atoms with E-state index in [-0.39, 0.29) is 0 Å². The molecule has 0 radical (unpaired) electrons. The molecule has 0 heterocycles. The van der Waals surface area contributed by atoms with Gasteiger partial charge in [-0.15, -0.1) is 0 Å². The van der Waals surface area contributed by atoms with Gasteiger partial charge >= 0.3 is 0 Å². The van der Waals surface area contributed by atoms with Gasteiger partial charge in [0.05, 0.1) is 0 Å². The summed E-state index contributed by atoms with van der Waals surface area (Å²) in [5, 5.41) is 0. The molecule has 0 saturated heterocycles. The summed E-state index contributed by atoms with van der Waals surface area (Å²) in [4.78, 5) is 0. The summed E-state index contributed by atoms with van der Waals surface area (Å²) in [6.45, 7) is 22.4. The molecule has 2 aromatic rings. The highest BCUT2D eigenvalue weighted by atomic mass is 14.5. The minimum Gasteiger partial charge on any atom is -0.0995 e. The largest absolute Gasteiger partial charge is 0.0995 e. The highest BCUT2D eigenvalue weighted by Crippen LogP contribution is 2.56. The van der Waals surface area contributed by atoms with Crippen molar-refractivity contribution in [3.63, 3.8) is 0 Å². The molecule has 4 atom stereocenters. The van der Waals surface area contributed by atoms with Crippen molar-refractivity contribution in [2.75, 3.05) is 0 Å². The van der Waals surface area contributed by atoms with Gasteiger partial charge in [-0.1, -0.05) is 118 Å². The summed E-state index contributed by atoms with van der Waals surface area (Å²) in [6.07, 6.45) is 9.22. The van der Waals surface area contributed by atoms with Crippen LogP contribution in [0.4, 0.5) is 0 Å². The molecular weight excluding hydrogens is 408 g/mol. The van der Waals surface area contributed by atoms with Crippen LogP contribution >= 0.6 is 0 Å². The van der Waals surface area contributed by atoms with Crippen LogP contribution < -0.4 is 0 Å². The van der Waals surface area contributed by atoms with E-state index in [0.29, 0.717) is 23.7 Å². The van der Waals surface area contributed by atoms with Crippen LogP contribution in [0.25, 0.3) is 11.6 Å². The van der Waals surface area contributed by atoms with Crippen LogP contribution in [0.2, 0.25) is 0 Å². The van der Waals surface area contributed by atoms with Gasteiger partial charge in [-0.3, -0.25) is 0 Å². The standard InChI is InChI=1S/C34H40/c1-8-11-23(5)32-24(6)18-31-21-30(20-27-12-10-13-29(19-27)22(3)4)25(7)33(31)34(32)28-16-14-26(9-2)15-17-28/h10,12-20,24,32-34H,3,5,7-9,11,21H2,1-2,4,6H3. The van der Waals surface area contributed by atoms with E-state index in [1.807, 2.05) is 0 Å². The molecule has 0 spiro atoms. The fourth-order valence-electron chi connectivity index (χ4n) is 6.18. The Hall–Kier alpha value is -2.86. The fraction of sp³-hybridized carbons (Fsp3) is 0.353. The Kier molecular flexibility index (Phi) is 7.27. The van der Waals surface area contributed by atoms with E-state index in [1.165, 1.54) is 39.0 Å². The maximum Gasteiger partial charge on any atom is 0.0123 e. The van der Waals surface area contributed by atoms with E-state index in [1.54, 1.807) is 5.57 Å². The first-order valence-corrected chi connectivity index (χ1v) is 13.0. The molecule has 2 aromatic carbocycles. The Morgan fingerprint density at radius 2 is 1.79 bits per heavy atom. The van der Waals surface area contributed by atoms with Crippen molar-refractivity contribution in [2.24, 2.45) is 17.8 Å². The summed E-state index contributed by atoms with van der Waals surface area (Å²) in [6, 6.07) is 18.1. The van der Waals surface area contributed by atoms with Crippen LogP contribution in [0.5, 0.6) is 0 Å². The van der Waals surface area contributed by atoms with Crippen LogP contribution in [-0.4, -0.2) is 0 Å². The average molecular weight is 449 g/mol. The summed E-state index contributed by atoms with van der Waals surface area (Å²) >= 11 is 0. The Labute approximate surface area is 207 Å². The zero-order chi connectivity index (χ0) is 24.4. The first-order valence-electron chi connectivity index (χ1n) is 13.0. The molecule has 2 aliphatic rings. The number of hydrogen-bond donors (Lipinski definition) is 0. The van der Waals surface area contributed by atoms with Crippen molar-refractivity contribution in [1.82, 2.24) is 0 Å².